The SMILES string of the molecule is CCc1cc(C(C)(C)C)cc(OP(Oc2cc(C(C)(C)C)cc(CC)c2C(C)(C)C)c2ccc(-c3ccc(P(Oc4cc(C(C)(C)C)cc(CC)c4C(C)(C)C)Oc4cc(C(C)(C)C)cc(CC)c4C(C)(C)C)cc3)cc2)c1C(C)(C)C. The Bertz CT molecular complexity index is 2790. The molecule has 0 fully saturated rings. The Hall–Kier alpha value is -4.62. The summed E-state index contributed by atoms with van der Waals surface area (Å²) in [5.74, 6) is 3.61. The van der Waals surface area contributed by atoms with Crippen LogP contribution in [0.1, 0.15) is 261 Å². The molecule has 6 rings (SSSR count). The summed E-state index contributed by atoms with van der Waals surface area (Å²) in [6.07, 6.45) is 3.63. The molecule has 0 atom stereocenters. The lowest BCUT2D eigenvalue weighted by molar-refractivity contribution is 0.460. The highest BCUT2D eigenvalue weighted by Gasteiger charge is 2.35. The van der Waals surface area contributed by atoms with E-state index in [1.54, 1.807) is 0 Å². The molecule has 0 bridgehead atoms. The second-order valence-corrected chi connectivity index (χ2v) is 34.2. The lowest BCUT2D eigenvalue weighted by Crippen LogP contribution is -2.22. The summed E-state index contributed by atoms with van der Waals surface area (Å²) in [4.78, 5) is 0. The molecule has 82 heavy (non-hydrogen) atoms. The van der Waals surface area contributed by atoms with Crippen LogP contribution < -0.4 is 28.7 Å². The van der Waals surface area contributed by atoms with Crippen molar-refractivity contribution in [2.45, 2.75) is 263 Å². The molecule has 0 saturated heterocycles. The standard InChI is InChI=1S/C76H108O4P2/c1-29-49-41-55(69(5,6)7)45-61(65(49)73(17,18)19)77-81(78-62-46-56(70(8,9)10)42-50(30-2)66(62)74(20,21)22)59-37-33-53(34-38-59)54-35-39-60(40-36-54)82(79-63-47-57(71(11,12)13)43-51(31-3)67(63)75(23,24)25)80-64-48-58(72(14,15)16)44-52(32-4)68(64)76(26,27)28/h33-48H,29-32H2,1-28H3. The maximum absolute atomic E-state index is 7.55. The van der Waals surface area contributed by atoms with Gasteiger partial charge in [-0.1, -0.05) is 242 Å². The highest BCUT2D eigenvalue weighted by molar-refractivity contribution is 7.57. The summed E-state index contributed by atoms with van der Waals surface area (Å²) in [7, 11) is -3.38. The molecule has 6 aromatic carbocycles. The lowest BCUT2D eigenvalue weighted by Gasteiger charge is -2.33. The van der Waals surface area contributed by atoms with Crippen LogP contribution in [0.5, 0.6) is 23.0 Å². The molecule has 0 unspecified atom stereocenters. The van der Waals surface area contributed by atoms with Gasteiger partial charge in [0.25, 0.3) is 0 Å². The highest BCUT2D eigenvalue weighted by Crippen LogP contribution is 2.52. The first-order chi connectivity index (χ1) is 37.5. The van der Waals surface area contributed by atoms with Crippen molar-refractivity contribution in [1.82, 2.24) is 0 Å². The zero-order valence-electron chi connectivity index (χ0n) is 56.6. The van der Waals surface area contributed by atoms with Gasteiger partial charge in [-0.3, -0.25) is 0 Å². The van der Waals surface area contributed by atoms with Gasteiger partial charge in [0.1, 0.15) is 23.0 Å². The molecule has 0 aromatic heterocycles. The van der Waals surface area contributed by atoms with Crippen molar-refractivity contribution in [3.05, 3.63) is 164 Å². The van der Waals surface area contributed by atoms with E-state index < -0.39 is 16.8 Å². The number of hydrogen-bond acceptors (Lipinski definition) is 4. The molecule has 4 nitrogen and oxygen atoms in total. The molecule has 6 aromatic rings. The monoisotopic (exact) mass is 1150 g/mol. The Morgan fingerprint density at radius 2 is 0.439 bits per heavy atom. The van der Waals surface area contributed by atoms with Crippen LogP contribution in [0.25, 0.3) is 11.1 Å². The third kappa shape index (κ3) is 15.6. The number of aryl methyl sites for hydroxylation is 4. The molecule has 0 amide bonds. The van der Waals surface area contributed by atoms with Gasteiger partial charge < -0.3 is 18.1 Å². The van der Waals surface area contributed by atoms with Crippen LogP contribution in [0.15, 0.2) is 97.1 Å². The van der Waals surface area contributed by atoms with Gasteiger partial charge in [-0.05, 0) is 173 Å². The van der Waals surface area contributed by atoms with Gasteiger partial charge in [0, 0.05) is 22.3 Å². The van der Waals surface area contributed by atoms with E-state index in [1.807, 2.05) is 0 Å². The van der Waals surface area contributed by atoms with Crippen molar-refractivity contribution in [3.63, 3.8) is 0 Å². The normalized spacial score (nSPS) is 13.3. The third-order valence-corrected chi connectivity index (χ3v) is 18.8. The Morgan fingerprint density at radius 3 is 0.585 bits per heavy atom. The maximum atomic E-state index is 7.55. The molecule has 0 aliphatic carbocycles. The molecule has 0 N–H and O–H groups in total. The molecule has 0 heterocycles. The summed E-state index contributed by atoms with van der Waals surface area (Å²) in [5.41, 5.74) is 16.5. The summed E-state index contributed by atoms with van der Waals surface area (Å²) < 4.78 is 30.2. The Morgan fingerprint density at radius 1 is 0.256 bits per heavy atom. The van der Waals surface area contributed by atoms with Crippen LogP contribution >= 0.6 is 16.8 Å². The molecule has 0 saturated carbocycles. The molecule has 0 aliphatic rings. The van der Waals surface area contributed by atoms with Crippen molar-refractivity contribution < 1.29 is 18.1 Å². The van der Waals surface area contributed by atoms with E-state index in [0.29, 0.717) is 0 Å². The fraction of sp³-hybridized carbons (Fsp3) is 0.526. The first kappa shape index (κ1) is 66.5. The highest BCUT2D eigenvalue weighted by atomic mass is 31.2. The van der Waals surface area contributed by atoms with E-state index in [4.69, 9.17) is 18.1 Å². The second-order valence-electron chi connectivity index (χ2n) is 31.4. The minimum atomic E-state index is -1.69. The predicted molar refractivity (Wildman–Crippen MR) is 360 cm³/mol. The zero-order valence-corrected chi connectivity index (χ0v) is 58.4. The number of rotatable bonds is 15. The van der Waals surface area contributed by atoms with E-state index >= 15 is 0 Å². The van der Waals surface area contributed by atoms with E-state index in [1.165, 1.54) is 66.8 Å². The summed E-state index contributed by atoms with van der Waals surface area (Å²) in [5, 5.41) is 2.02. The quantitative estimate of drug-likeness (QED) is 0.0961. The van der Waals surface area contributed by atoms with Crippen LogP contribution in [0.3, 0.4) is 0 Å². The van der Waals surface area contributed by atoms with Crippen LogP contribution in [0.4, 0.5) is 0 Å². The lowest BCUT2D eigenvalue weighted by atomic mass is 9.78. The van der Waals surface area contributed by atoms with Crippen LogP contribution in [-0.2, 0) is 69.0 Å². The topological polar surface area (TPSA) is 36.9 Å². The minimum Gasteiger partial charge on any atom is -0.435 e. The van der Waals surface area contributed by atoms with E-state index in [9.17, 15) is 0 Å². The molecule has 0 radical (unpaired) electrons. The minimum absolute atomic E-state index is 0.0776. The predicted octanol–water partition coefficient (Wildman–Crippen LogP) is 22.2. The first-order valence-corrected chi connectivity index (χ1v) is 33.1. The van der Waals surface area contributed by atoms with Gasteiger partial charge in [0.05, 0.1) is 10.6 Å². The second kappa shape index (κ2) is 24.4. The van der Waals surface area contributed by atoms with Gasteiger partial charge in [0.2, 0.25) is 0 Å². The first-order valence-electron chi connectivity index (χ1n) is 30.7. The fourth-order valence-corrected chi connectivity index (χ4v) is 14.0. The summed E-state index contributed by atoms with van der Waals surface area (Å²) >= 11 is 0. The fourth-order valence-electron chi connectivity index (χ4n) is 11.4. The summed E-state index contributed by atoms with van der Waals surface area (Å²) in [6, 6.07) is 36.7. The average Bonchev–Trinajstić information content (AvgIpc) is 3.07. The van der Waals surface area contributed by atoms with Crippen LogP contribution in [0.2, 0.25) is 0 Å². The van der Waals surface area contributed by atoms with Gasteiger partial charge >= 0.3 is 16.8 Å². The zero-order chi connectivity index (χ0) is 61.7. The summed E-state index contributed by atoms with van der Waals surface area (Å²) in [6.45, 7) is 64.2. The van der Waals surface area contributed by atoms with Crippen molar-refractivity contribution in [2.75, 3.05) is 0 Å². The van der Waals surface area contributed by atoms with Gasteiger partial charge in [-0.15, -0.1) is 0 Å². The molecular formula is C76H108O4P2. The van der Waals surface area contributed by atoms with E-state index in [0.717, 1.165) is 70.4 Å². The molecule has 446 valence electrons. The van der Waals surface area contributed by atoms with Crippen molar-refractivity contribution in [3.8, 4) is 34.1 Å². The number of benzene rings is 6. The maximum Gasteiger partial charge on any atom is 0.326 e. The Kier molecular flexibility index (Phi) is 19.8. The van der Waals surface area contributed by atoms with E-state index in [2.05, 4.69) is 291 Å². The Labute approximate surface area is 503 Å². The van der Waals surface area contributed by atoms with Crippen LogP contribution in [-0.4, -0.2) is 0 Å². The molecule has 6 heteroatoms. The van der Waals surface area contributed by atoms with Gasteiger partial charge in [-0.25, -0.2) is 0 Å². The largest absolute Gasteiger partial charge is 0.435 e. The van der Waals surface area contributed by atoms with Crippen LogP contribution in [0, 0.1) is 0 Å². The molecule has 0 spiro atoms. The molecule has 0 aliphatic heterocycles. The smallest absolute Gasteiger partial charge is 0.326 e. The van der Waals surface area contributed by atoms with E-state index in [-0.39, 0.29) is 43.3 Å². The molecular weight excluding hydrogens is 1040 g/mol. The van der Waals surface area contributed by atoms with Crippen molar-refractivity contribution in [2.24, 2.45) is 0 Å². The Balaban J connectivity index is 1.54. The van der Waals surface area contributed by atoms with Gasteiger partial charge in [-0.2, -0.15) is 0 Å². The van der Waals surface area contributed by atoms with Gasteiger partial charge in [0.15, 0.2) is 0 Å². The van der Waals surface area contributed by atoms with Crippen molar-refractivity contribution in [1.29, 1.82) is 0 Å². The van der Waals surface area contributed by atoms with Crippen molar-refractivity contribution >= 4 is 27.4 Å². The number of hydrogen-bond donors (Lipinski definition) is 0. The average molecular weight is 1150 g/mol. The third-order valence-electron chi connectivity index (χ3n) is 15.9.